The Labute approximate surface area is 161 Å². The minimum Gasteiger partial charge on any atom is -0.378 e. The van der Waals surface area contributed by atoms with E-state index < -0.39 is 0 Å². The normalized spacial score (nSPS) is 14.1. The Kier molecular flexibility index (Phi) is 5.41. The zero-order valence-corrected chi connectivity index (χ0v) is 15.6. The second-order valence-corrected chi connectivity index (χ2v) is 7.07. The third kappa shape index (κ3) is 4.32. The first-order valence-electron chi connectivity index (χ1n) is 8.86. The zero-order chi connectivity index (χ0) is 18.5. The van der Waals surface area contributed by atoms with Crippen LogP contribution in [0.2, 0.25) is 0 Å². The summed E-state index contributed by atoms with van der Waals surface area (Å²) in [6.45, 7) is 3.55. The molecule has 1 N–H and O–H groups in total. The Morgan fingerprint density at radius 1 is 1.19 bits per heavy atom. The molecule has 138 valence electrons. The molecule has 1 aliphatic heterocycles. The lowest BCUT2D eigenvalue weighted by atomic mass is 10.2. The van der Waals surface area contributed by atoms with Crippen molar-refractivity contribution < 1.29 is 9.53 Å². The molecule has 6 nitrogen and oxygen atoms in total. The van der Waals surface area contributed by atoms with Crippen molar-refractivity contribution in [1.82, 2.24) is 15.3 Å². The van der Waals surface area contributed by atoms with Gasteiger partial charge in [-0.05, 0) is 17.7 Å². The molecule has 0 radical (unpaired) electrons. The highest BCUT2D eigenvalue weighted by Crippen LogP contribution is 2.23. The number of pyridine rings is 1. The van der Waals surface area contributed by atoms with Crippen molar-refractivity contribution in [2.24, 2.45) is 0 Å². The number of carbonyl (C=O) groups excluding carboxylic acids is 1. The highest BCUT2D eigenvalue weighted by molar-refractivity contribution is 7.13. The van der Waals surface area contributed by atoms with Crippen LogP contribution in [0.25, 0.3) is 10.6 Å². The summed E-state index contributed by atoms with van der Waals surface area (Å²) in [6.07, 6.45) is 1.78. The topological polar surface area (TPSA) is 67.4 Å². The van der Waals surface area contributed by atoms with E-state index in [0.29, 0.717) is 12.2 Å². The third-order valence-electron chi connectivity index (χ3n) is 4.36. The minimum atomic E-state index is -0.168. The van der Waals surface area contributed by atoms with Gasteiger partial charge in [0.05, 0.1) is 13.2 Å². The Morgan fingerprint density at radius 3 is 2.81 bits per heavy atom. The Bertz CT molecular complexity index is 907. The number of amides is 1. The maximum Gasteiger partial charge on any atom is 0.271 e. The fourth-order valence-corrected chi connectivity index (χ4v) is 3.71. The van der Waals surface area contributed by atoms with Gasteiger partial charge in [-0.3, -0.25) is 4.79 Å². The molecule has 0 atom stereocenters. The van der Waals surface area contributed by atoms with E-state index in [1.54, 1.807) is 11.6 Å². The summed E-state index contributed by atoms with van der Waals surface area (Å²) in [6, 6.07) is 13.8. The van der Waals surface area contributed by atoms with Gasteiger partial charge in [0.2, 0.25) is 0 Å². The fourth-order valence-electron chi connectivity index (χ4n) is 2.90. The molecule has 1 aliphatic rings. The van der Waals surface area contributed by atoms with Gasteiger partial charge in [-0.25, -0.2) is 9.97 Å². The van der Waals surface area contributed by atoms with Crippen LogP contribution in [0.15, 0.2) is 54.0 Å². The van der Waals surface area contributed by atoms with Crippen LogP contribution in [-0.4, -0.2) is 42.2 Å². The van der Waals surface area contributed by atoms with Gasteiger partial charge < -0.3 is 15.0 Å². The van der Waals surface area contributed by atoms with Gasteiger partial charge in [-0.15, -0.1) is 11.3 Å². The Morgan fingerprint density at radius 2 is 2.00 bits per heavy atom. The second kappa shape index (κ2) is 8.28. The van der Waals surface area contributed by atoms with Gasteiger partial charge >= 0.3 is 0 Å². The molecule has 0 bridgehead atoms. The molecule has 27 heavy (non-hydrogen) atoms. The molecule has 0 saturated carbocycles. The molecule has 0 unspecified atom stereocenters. The van der Waals surface area contributed by atoms with Crippen molar-refractivity contribution in [1.29, 1.82) is 0 Å². The molecule has 3 aromatic rings. The monoisotopic (exact) mass is 380 g/mol. The molecule has 1 fully saturated rings. The number of hydrogen-bond acceptors (Lipinski definition) is 6. The van der Waals surface area contributed by atoms with Gasteiger partial charge in [0, 0.05) is 36.8 Å². The van der Waals surface area contributed by atoms with Crippen LogP contribution in [-0.2, 0) is 11.3 Å². The number of aromatic nitrogens is 2. The smallest absolute Gasteiger partial charge is 0.271 e. The average molecular weight is 380 g/mol. The van der Waals surface area contributed by atoms with E-state index in [-0.39, 0.29) is 5.91 Å². The Hall–Kier alpha value is -2.77. The molecule has 7 heteroatoms. The van der Waals surface area contributed by atoms with E-state index in [1.807, 2.05) is 42.5 Å². The van der Waals surface area contributed by atoms with E-state index in [1.165, 1.54) is 11.3 Å². The lowest BCUT2D eigenvalue weighted by Gasteiger charge is -2.28. The predicted octanol–water partition coefficient (Wildman–Crippen LogP) is 2.97. The maximum absolute atomic E-state index is 12.4. The highest BCUT2D eigenvalue weighted by Gasteiger charge is 2.14. The first-order valence-corrected chi connectivity index (χ1v) is 9.74. The molecule has 1 saturated heterocycles. The van der Waals surface area contributed by atoms with E-state index in [4.69, 9.17) is 4.74 Å². The number of benzene rings is 1. The molecule has 4 rings (SSSR count). The number of nitrogens with zero attached hydrogens (tertiary/aromatic N) is 3. The summed E-state index contributed by atoms with van der Waals surface area (Å²) in [5.41, 5.74) is 2.48. The molecule has 1 amide bonds. The van der Waals surface area contributed by atoms with Gasteiger partial charge in [0.15, 0.2) is 0 Å². The summed E-state index contributed by atoms with van der Waals surface area (Å²) in [4.78, 5) is 23.5. The third-order valence-corrected chi connectivity index (χ3v) is 5.25. The van der Waals surface area contributed by atoms with E-state index in [9.17, 15) is 4.79 Å². The summed E-state index contributed by atoms with van der Waals surface area (Å²) in [5, 5.41) is 5.59. The second-order valence-electron chi connectivity index (χ2n) is 6.21. The van der Waals surface area contributed by atoms with Gasteiger partial charge in [0.25, 0.3) is 5.91 Å². The van der Waals surface area contributed by atoms with Crippen LogP contribution in [0.4, 0.5) is 5.82 Å². The largest absolute Gasteiger partial charge is 0.378 e. The first kappa shape index (κ1) is 17.6. The molecule has 2 aromatic heterocycles. The van der Waals surface area contributed by atoms with E-state index in [0.717, 1.165) is 48.3 Å². The minimum absolute atomic E-state index is 0.168. The van der Waals surface area contributed by atoms with Crippen molar-refractivity contribution >= 4 is 23.1 Å². The van der Waals surface area contributed by atoms with Crippen molar-refractivity contribution in [3.63, 3.8) is 0 Å². The summed E-state index contributed by atoms with van der Waals surface area (Å²) >= 11 is 1.47. The first-order chi connectivity index (χ1) is 13.3. The van der Waals surface area contributed by atoms with Crippen LogP contribution in [0.5, 0.6) is 0 Å². The lowest BCUT2D eigenvalue weighted by Crippen LogP contribution is -2.36. The van der Waals surface area contributed by atoms with Crippen molar-refractivity contribution in [2.75, 3.05) is 31.2 Å². The SMILES string of the molecule is O=C(NCc1ccnc(N2CCOCC2)c1)c1csc(-c2ccccc2)n1. The van der Waals surface area contributed by atoms with E-state index >= 15 is 0 Å². The van der Waals surface area contributed by atoms with Crippen LogP contribution in [0, 0.1) is 0 Å². The van der Waals surface area contributed by atoms with E-state index in [2.05, 4.69) is 20.2 Å². The molecule has 0 aliphatic carbocycles. The quantitative estimate of drug-likeness (QED) is 0.737. The number of nitrogens with one attached hydrogen (secondary N) is 1. The number of thiazole rings is 1. The van der Waals surface area contributed by atoms with Crippen LogP contribution in [0.1, 0.15) is 16.1 Å². The highest BCUT2D eigenvalue weighted by atomic mass is 32.1. The summed E-state index contributed by atoms with van der Waals surface area (Å²) in [5.74, 6) is 0.753. The van der Waals surface area contributed by atoms with Crippen LogP contribution in [0.3, 0.4) is 0 Å². The average Bonchev–Trinajstić information content (AvgIpc) is 3.24. The standard InChI is InChI=1S/C20H20N4O2S/c25-19(17-14-27-20(23-17)16-4-2-1-3-5-16)22-13-15-6-7-21-18(12-15)24-8-10-26-11-9-24/h1-7,12,14H,8-11,13H2,(H,22,25). The van der Waals surface area contributed by atoms with Crippen molar-refractivity contribution in [3.05, 3.63) is 65.3 Å². The fraction of sp³-hybridized carbons (Fsp3) is 0.250. The van der Waals surface area contributed by atoms with Gasteiger partial charge in [-0.2, -0.15) is 0 Å². The number of rotatable bonds is 5. The number of anilines is 1. The Balaban J connectivity index is 1.39. The number of ether oxygens (including phenoxy) is 1. The molecule has 1 aromatic carbocycles. The van der Waals surface area contributed by atoms with Crippen LogP contribution >= 0.6 is 11.3 Å². The lowest BCUT2D eigenvalue weighted by molar-refractivity contribution is 0.0946. The maximum atomic E-state index is 12.4. The van der Waals surface area contributed by atoms with Crippen molar-refractivity contribution in [2.45, 2.75) is 6.54 Å². The van der Waals surface area contributed by atoms with Gasteiger partial charge in [0.1, 0.15) is 16.5 Å². The number of morpholine rings is 1. The predicted molar refractivity (Wildman–Crippen MR) is 106 cm³/mol. The zero-order valence-electron chi connectivity index (χ0n) is 14.8. The molecule has 3 heterocycles. The van der Waals surface area contributed by atoms with Crippen molar-refractivity contribution in [3.8, 4) is 10.6 Å². The van der Waals surface area contributed by atoms with Gasteiger partial charge in [-0.1, -0.05) is 30.3 Å². The number of hydrogen-bond donors (Lipinski definition) is 1. The summed E-state index contributed by atoms with van der Waals surface area (Å²) in [7, 11) is 0. The summed E-state index contributed by atoms with van der Waals surface area (Å²) < 4.78 is 5.38. The van der Waals surface area contributed by atoms with Crippen LogP contribution < -0.4 is 10.2 Å². The molecular weight excluding hydrogens is 360 g/mol. The molecule has 0 spiro atoms. The number of carbonyl (C=O) groups is 1. The molecular formula is C20H20N4O2S.